The van der Waals surface area contributed by atoms with Gasteiger partial charge in [0.1, 0.15) is 5.82 Å². The molecule has 1 fully saturated rings. The molecule has 1 N–H and O–H groups in total. The van der Waals surface area contributed by atoms with Gasteiger partial charge in [0.2, 0.25) is 0 Å². The molecule has 2 aromatic carbocycles. The molecule has 4 heterocycles. The normalized spacial score (nSPS) is 17.4. The van der Waals surface area contributed by atoms with E-state index in [0.29, 0.717) is 35.2 Å². The molecular weight excluding hydrogens is 481 g/mol. The zero-order valence-corrected chi connectivity index (χ0v) is 21.6. The second kappa shape index (κ2) is 9.29. The van der Waals surface area contributed by atoms with Crippen LogP contribution in [-0.2, 0) is 17.4 Å². The van der Waals surface area contributed by atoms with Gasteiger partial charge < -0.3 is 14.4 Å². The molecule has 0 unspecified atom stereocenters. The molecule has 3 aromatic heterocycles. The van der Waals surface area contributed by atoms with E-state index in [1.165, 1.54) is 10.7 Å². The van der Waals surface area contributed by atoms with E-state index in [4.69, 9.17) is 13.8 Å². The predicted molar refractivity (Wildman–Crippen MR) is 145 cm³/mol. The number of benzene rings is 2. The van der Waals surface area contributed by atoms with Gasteiger partial charge in [0.15, 0.2) is 0 Å². The lowest BCUT2D eigenvalue weighted by Crippen LogP contribution is -2.27. The van der Waals surface area contributed by atoms with E-state index in [2.05, 4.69) is 27.0 Å². The maximum Gasteiger partial charge on any atom is 0.133 e. The van der Waals surface area contributed by atoms with E-state index < -0.39 is 18.3 Å². The summed E-state index contributed by atoms with van der Waals surface area (Å²) in [5, 5.41) is 19.3. The van der Waals surface area contributed by atoms with Crippen LogP contribution in [0.5, 0.6) is 0 Å². The van der Waals surface area contributed by atoms with Crippen molar-refractivity contribution >= 4 is 21.9 Å². The molecular formula is C30H32FN5O2. The number of pyridine rings is 1. The summed E-state index contributed by atoms with van der Waals surface area (Å²) in [6, 6.07) is 15.1. The molecule has 5 aromatic rings. The Bertz CT molecular complexity index is 1740. The van der Waals surface area contributed by atoms with Crippen molar-refractivity contribution < 1.29 is 18.3 Å². The first-order chi connectivity index (χ1) is 19.4. The Balaban J connectivity index is 1.72. The van der Waals surface area contributed by atoms with E-state index in [0.717, 1.165) is 23.9 Å². The Labute approximate surface area is 225 Å². The van der Waals surface area contributed by atoms with E-state index in [1.54, 1.807) is 33.2 Å². The van der Waals surface area contributed by atoms with Crippen LogP contribution in [0.15, 0.2) is 54.7 Å². The minimum absolute atomic E-state index is 0.0988. The Morgan fingerprint density at radius 3 is 2.61 bits per heavy atom. The minimum atomic E-state index is -2.57. The molecule has 1 aliphatic rings. The van der Waals surface area contributed by atoms with Gasteiger partial charge in [-0.15, -0.1) is 5.10 Å². The van der Waals surface area contributed by atoms with Crippen LogP contribution in [0.3, 0.4) is 0 Å². The first kappa shape index (κ1) is 21.3. The third kappa shape index (κ3) is 4.08. The van der Waals surface area contributed by atoms with E-state index in [1.807, 2.05) is 24.3 Å². The number of ether oxygens (including phenoxy) is 1. The zero-order valence-electron chi connectivity index (χ0n) is 24.6. The van der Waals surface area contributed by atoms with Crippen LogP contribution in [0.1, 0.15) is 53.7 Å². The highest BCUT2D eigenvalue weighted by atomic mass is 19.1. The Morgan fingerprint density at radius 2 is 1.89 bits per heavy atom. The van der Waals surface area contributed by atoms with Gasteiger partial charge in [-0.25, -0.2) is 9.07 Å². The number of fused-ring (bicyclic) bond motifs is 3. The van der Waals surface area contributed by atoms with Crippen molar-refractivity contribution in [3.8, 4) is 11.3 Å². The van der Waals surface area contributed by atoms with Crippen LogP contribution in [0.25, 0.3) is 33.2 Å². The fourth-order valence-electron chi connectivity index (χ4n) is 5.71. The van der Waals surface area contributed by atoms with Crippen molar-refractivity contribution in [3.05, 3.63) is 77.4 Å². The van der Waals surface area contributed by atoms with E-state index in [9.17, 15) is 5.11 Å². The Hall–Kier alpha value is -3.62. The number of aromatic nitrogens is 5. The van der Waals surface area contributed by atoms with Crippen molar-refractivity contribution in [2.24, 2.45) is 13.0 Å². The summed E-state index contributed by atoms with van der Waals surface area (Å²) in [7, 11) is 1.56. The molecule has 6 rings (SSSR count). The smallest absolute Gasteiger partial charge is 0.133 e. The molecule has 196 valence electrons. The zero-order chi connectivity index (χ0) is 29.1. The van der Waals surface area contributed by atoms with Crippen LogP contribution in [0.2, 0.25) is 0 Å². The largest absolute Gasteiger partial charge is 0.386 e. The second-order valence-corrected chi connectivity index (χ2v) is 10.6. The number of halogens is 1. The molecule has 1 atom stereocenters. The van der Waals surface area contributed by atoms with Crippen molar-refractivity contribution in [1.29, 1.82) is 0 Å². The van der Waals surface area contributed by atoms with Crippen molar-refractivity contribution in [1.82, 2.24) is 24.5 Å². The highest BCUT2D eigenvalue weighted by Gasteiger charge is 2.31. The van der Waals surface area contributed by atoms with Gasteiger partial charge in [-0.1, -0.05) is 35.5 Å². The van der Waals surface area contributed by atoms with Gasteiger partial charge in [-0.3, -0.25) is 4.98 Å². The molecule has 38 heavy (non-hydrogen) atoms. The summed E-state index contributed by atoms with van der Waals surface area (Å²) in [6.07, 6.45) is 3.30. The van der Waals surface area contributed by atoms with Gasteiger partial charge in [0.25, 0.3) is 0 Å². The lowest BCUT2D eigenvalue weighted by molar-refractivity contribution is 0.0552. The lowest BCUT2D eigenvalue weighted by atomic mass is 9.86. The molecule has 8 heteroatoms. The van der Waals surface area contributed by atoms with Crippen LogP contribution in [0.4, 0.5) is 4.39 Å². The lowest BCUT2D eigenvalue weighted by Gasteiger charge is -2.33. The first-order valence-electron chi connectivity index (χ1n) is 14.3. The fraction of sp³-hybridized carbons (Fsp3) is 0.367. The number of nitrogens with zero attached hydrogens (tertiary/aromatic N) is 5. The van der Waals surface area contributed by atoms with E-state index in [-0.39, 0.29) is 28.9 Å². The maximum absolute atomic E-state index is 16.0. The summed E-state index contributed by atoms with van der Waals surface area (Å²) in [4.78, 5) is 4.73. The quantitative estimate of drug-likeness (QED) is 0.325. The van der Waals surface area contributed by atoms with Crippen LogP contribution in [0, 0.1) is 18.6 Å². The molecule has 7 nitrogen and oxygen atoms in total. The van der Waals surface area contributed by atoms with Gasteiger partial charge in [0.05, 0.1) is 39.6 Å². The number of rotatable bonds is 5. The van der Waals surface area contributed by atoms with Crippen molar-refractivity contribution in [2.75, 3.05) is 13.2 Å². The summed E-state index contributed by atoms with van der Waals surface area (Å²) in [5.41, 5.74) is 2.59. The van der Waals surface area contributed by atoms with Crippen LogP contribution >= 0.6 is 0 Å². The van der Waals surface area contributed by atoms with Crippen molar-refractivity contribution in [3.63, 3.8) is 0 Å². The summed E-state index contributed by atoms with van der Waals surface area (Å²) in [6.45, 7) is 2.12. The summed E-state index contributed by atoms with van der Waals surface area (Å²) in [5.74, 6) is -0.385. The third-order valence-corrected chi connectivity index (χ3v) is 7.65. The Morgan fingerprint density at radius 1 is 1.13 bits per heavy atom. The van der Waals surface area contributed by atoms with Gasteiger partial charge in [0, 0.05) is 47.1 Å². The summed E-state index contributed by atoms with van der Waals surface area (Å²) >= 11 is 0. The molecule has 0 radical (unpaired) electrons. The van der Waals surface area contributed by atoms with Crippen LogP contribution < -0.4 is 0 Å². The van der Waals surface area contributed by atoms with Crippen LogP contribution in [-0.4, -0.2) is 42.9 Å². The maximum atomic E-state index is 16.0. The average Bonchev–Trinajstić information content (AvgIpc) is 3.47. The third-order valence-electron chi connectivity index (χ3n) is 7.65. The SMILES string of the molecule is [2H]C([2H])([2H])c1nnn(C)c1-c1cc2c(cc1F)c1ncc(C(C)(C)O)cc1n2[C@H](c1ccccc1)C1CCOCC1. The molecule has 0 saturated carbocycles. The molecule has 1 aliphatic heterocycles. The molecule has 1 saturated heterocycles. The monoisotopic (exact) mass is 516 g/mol. The average molecular weight is 517 g/mol. The molecule has 0 aliphatic carbocycles. The number of aryl methyl sites for hydroxylation is 2. The molecule has 0 spiro atoms. The Kier molecular flexibility index (Phi) is 5.21. The second-order valence-electron chi connectivity index (χ2n) is 10.6. The first-order valence-corrected chi connectivity index (χ1v) is 12.8. The predicted octanol–water partition coefficient (Wildman–Crippen LogP) is 5.68. The fourth-order valence-corrected chi connectivity index (χ4v) is 5.71. The van der Waals surface area contributed by atoms with E-state index >= 15 is 4.39 Å². The molecule has 0 bridgehead atoms. The number of hydrogen-bond acceptors (Lipinski definition) is 5. The topological polar surface area (TPSA) is 78.0 Å². The minimum Gasteiger partial charge on any atom is -0.386 e. The van der Waals surface area contributed by atoms with Gasteiger partial charge in [-0.05, 0) is 63.2 Å². The number of aliphatic hydroxyl groups is 1. The van der Waals surface area contributed by atoms with Gasteiger partial charge in [-0.2, -0.15) is 0 Å². The van der Waals surface area contributed by atoms with Gasteiger partial charge >= 0.3 is 0 Å². The standard InChI is InChI=1S/C30H32FN5O2/c1-18-28(35(4)34-33-18)22-16-25-23(15-24(22)31)27-26(14-21(17-32-27)30(2,3)37)36(25)29(19-8-6-5-7-9-19)20-10-12-38-13-11-20/h5-9,14-17,20,29,37H,10-13H2,1-4H3/t29-/m1/s1/i1D3. The van der Waals surface area contributed by atoms with Crippen molar-refractivity contribution in [2.45, 2.75) is 45.2 Å². The molecule has 0 amide bonds. The highest BCUT2D eigenvalue weighted by molar-refractivity contribution is 6.07. The highest BCUT2D eigenvalue weighted by Crippen LogP contribution is 2.42. The summed E-state index contributed by atoms with van der Waals surface area (Å²) < 4.78 is 49.1. The number of hydrogen-bond donors (Lipinski definition) is 1.